The van der Waals surface area contributed by atoms with Crippen LogP contribution >= 0.6 is 0 Å². The average Bonchev–Trinajstić information content (AvgIpc) is 2.69. The number of aliphatic hydroxyl groups excluding tert-OH is 3. The van der Waals surface area contributed by atoms with Crippen LogP contribution < -0.4 is 10.0 Å². The largest absolute Gasteiger partial charge is 0.479 e. The van der Waals surface area contributed by atoms with Gasteiger partial charge < -0.3 is 30.9 Å². The molecule has 5 unspecified atom stereocenters. The molecule has 0 radical (unpaired) electrons. The number of aliphatic hydroxyl groups is 3. The molecule has 29 heavy (non-hydrogen) atoms. The van der Waals surface area contributed by atoms with Crippen molar-refractivity contribution in [2.45, 2.75) is 35.5 Å². The lowest BCUT2D eigenvalue weighted by atomic mass is 9.98. The first-order chi connectivity index (χ1) is 13.6. The summed E-state index contributed by atoms with van der Waals surface area (Å²) in [6, 6.07) is 6.45. The van der Waals surface area contributed by atoms with Crippen LogP contribution in [0.5, 0.6) is 0 Å². The third-order valence-corrected chi connectivity index (χ3v) is 6.01. The molecule has 3 rings (SSSR count). The van der Waals surface area contributed by atoms with E-state index < -0.39 is 52.6 Å². The smallest absolute Gasteiger partial charge is 0.335 e. The Bertz CT molecular complexity index is 972. The molecule has 0 saturated carbocycles. The van der Waals surface area contributed by atoms with Crippen LogP contribution in [0.25, 0.3) is 0 Å². The molecule has 1 fully saturated rings. The van der Waals surface area contributed by atoms with Crippen LogP contribution in [0.1, 0.15) is 0 Å². The monoisotopic (exact) mass is 426 g/mol. The van der Waals surface area contributed by atoms with Crippen molar-refractivity contribution < 1.29 is 38.4 Å². The molecule has 2 heterocycles. The van der Waals surface area contributed by atoms with Crippen molar-refractivity contribution in [3.8, 4) is 0 Å². The van der Waals surface area contributed by atoms with Gasteiger partial charge in [-0.15, -0.1) is 0 Å². The molecule has 1 aromatic heterocycles. The number of nitrogens with zero attached hydrogens (tertiary/aromatic N) is 3. The first-order valence-corrected chi connectivity index (χ1v) is 9.68. The van der Waals surface area contributed by atoms with E-state index in [1.165, 1.54) is 42.7 Å². The standard InChI is InChI=1S/C16H18N4O8S/c17-8-2-4-9(5-3-8)29(26,27)20(16-18-6-1-7-19-16)14-12(23)10(21)11(22)13(28-14)15(24)25/h1-7,10-14,21-23H,17H2,(H,24,25). The van der Waals surface area contributed by atoms with Gasteiger partial charge in [0.2, 0.25) is 5.95 Å². The fraction of sp³-hybridized carbons (Fsp3) is 0.312. The molecule has 6 N–H and O–H groups in total. The number of aliphatic carboxylic acids is 1. The van der Waals surface area contributed by atoms with Crippen LogP contribution in [-0.4, -0.2) is 75.4 Å². The van der Waals surface area contributed by atoms with Crippen LogP contribution in [0.3, 0.4) is 0 Å². The van der Waals surface area contributed by atoms with Gasteiger partial charge in [0.05, 0.1) is 4.90 Å². The number of ether oxygens (including phenoxy) is 1. The molecular weight excluding hydrogens is 408 g/mol. The molecule has 13 heteroatoms. The minimum Gasteiger partial charge on any atom is -0.479 e. The lowest BCUT2D eigenvalue weighted by Gasteiger charge is -2.42. The Labute approximate surface area is 164 Å². The van der Waals surface area contributed by atoms with E-state index >= 15 is 0 Å². The number of anilines is 2. The van der Waals surface area contributed by atoms with Crippen LogP contribution in [0.4, 0.5) is 11.6 Å². The Morgan fingerprint density at radius 3 is 2.17 bits per heavy atom. The second kappa shape index (κ2) is 7.88. The normalized spacial score (nSPS) is 27.3. The molecule has 1 aromatic carbocycles. The highest BCUT2D eigenvalue weighted by atomic mass is 32.2. The molecule has 0 spiro atoms. The quantitative estimate of drug-likeness (QED) is 0.336. The second-order valence-corrected chi connectivity index (χ2v) is 7.99. The maximum Gasteiger partial charge on any atom is 0.335 e. The fourth-order valence-corrected chi connectivity index (χ4v) is 4.24. The number of hydrogen-bond donors (Lipinski definition) is 5. The van der Waals surface area contributed by atoms with Crippen molar-refractivity contribution in [1.82, 2.24) is 9.97 Å². The number of benzene rings is 1. The molecule has 12 nitrogen and oxygen atoms in total. The van der Waals surface area contributed by atoms with Gasteiger partial charge in [-0.25, -0.2) is 27.5 Å². The Morgan fingerprint density at radius 2 is 1.62 bits per heavy atom. The minimum absolute atomic E-state index is 0.276. The van der Waals surface area contributed by atoms with Gasteiger partial charge in [-0.1, -0.05) is 0 Å². The van der Waals surface area contributed by atoms with Crippen LogP contribution in [-0.2, 0) is 19.6 Å². The molecule has 1 aliphatic rings. The van der Waals surface area contributed by atoms with Gasteiger partial charge >= 0.3 is 5.97 Å². The van der Waals surface area contributed by atoms with Crippen molar-refractivity contribution in [2.75, 3.05) is 10.0 Å². The van der Waals surface area contributed by atoms with Gasteiger partial charge in [-0.3, -0.25) is 0 Å². The number of carbonyl (C=O) groups is 1. The van der Waals surface area contributed by atoms with E-state index in [2.05, 4.69) is 9.97 Å². The summed E-state index contributed by atoms with van der Waals surface area (Å²) in [5.74, 6) is -2.10. The molecule has 156 valence electrons. The molecule has 2 aromatic rings. The van der Waals surface area contributed by atoms with E-state index in [1.54, 1.807) is 0 Å². The molecule has 0 aliphatic carbocycles. The first kappa shape index (κ1) is 20.9. The number of carboxylic acids is 1. The first-order valence-electron chi connectivity index (χ1n) is 8.24. The summed E-state index contributed by atoms with van der Waals surface area (Å²) < 4.78 is 32.2. The van der Waals surface area contributed by atoms with Crippen LogP contribution in [0.2, 0.25) is 0 Å². The summed E-state index contributed by atoms with van der Waals surface area (Å²) in [5.41, 5.74) is 5.88. The summed E-state index contributed by atoms with van der Waals surface area (Å²) >= 11 is 0. The van der Waals surface area contributed by atoms with Crippen molar-refractivity contribution in [3.63, 3.8) is 0 Å². The van der Waals surface area contributed by atoms with Gasteiger partial charge in [0.1, 0.15) is 18.3 Å². The lowest BCUT2D eigenvalue weighted by molar-refractivity contribution is -0.224. The number of carboxylic acid groups (broad SMARTS) is 1. The van der Waals surface area contributed by atoms with Gasteiger partial charge in [0.25, 0.3) is 10.0 Å². The number of rotatable bonds is 5. The van der Waals surface area contributed by atoms with Gasteiger partial charge in [-0.2, -0.15) is 0 Å². The zero-order valence-corrected chi connectivity index (χ0v) is 15.5. The van der Waals surface area contributed by atoms with Crippen molar-refractivity contribution in [3.05, 3.63) is 42.7 Å². The average molecular weight is 426 g/mol. The Hall–Kier alpha value is -2.84. The number of aromatic nitrogens is 2. The lowest BCUT2D eigenvalue weighted by Crippen LogP contribution is -2.65. The number of nitrogens with two attached hydrogens (primary N) is 1. The highest BCUT2D eigenvalue weighted by Gasteiger charge is 2.52. The van der Waals surface area contributed by atoms with Crippen LogP contribution in [0.15, 0.2) is 47.6 Å². The van der Waals surface area contributed by atoms with Crippen molar-refractivity contribution in [1.29, 1.82) is 0 Å². The fourth-order valence-electron chi connectivity index (χ4n) is 2.78. The topological polar surface area (TPSA) is 196 Å². The molecule has 1 aliphatic heterocycles. The van der Waals surface area contributed by atoms with Crippen molar-refractivity contribution in [2.24, 2.45) is 0 Å². The third-order valence-electron chi connectivity index (χ3n) is 4.25. The summed E-state index contributed by atoms with van der Waals surface area (Å²) in [7, 11) is -4.51. The summed E-state index contributed by atoms with van der Waals surface area (Å²) in [4.78, 5) is 18.8. The number of hydrogen-bond acceptors (Lipinski definition) is 10. The zero-order chi connectivity index (χ0) is 21.3. The van der Waals surface area contributed by atoms with E-state index in [4.69, 9.17) is 10.5 Å². The third kappa shape index (κ3) is 3.86. The van der Waals surface area contributed by atoms with E-state index in [9.17, 15) is 33.6 Å². The van der Waals surface area contributed by atoms with E-state index in [0.29, 0.717) is 9.99 Å². The number of sulfonamides is 1. The maximum atomic E-state index is 13.3. The zero-order valence-electron chi connectivity index (χ0n) is 14.7. The molecule has 0 amide bonds. The van der Waals surface area contributed by atoms with Crippen LogP contribution in [0, 0.1) is 0 Å². The molecular formula is C16H18N4O8S. The summed E-state index contributed by atoms with van der Waals surface area (Å²) in [6.45, 7) is 0. The van der Waals surface area contributed by atoms with Gasteiger partial charge in [-0.05, 0) is 30.3 Å². The summed E-state index contributed by atoms with van der Waals surface area (Å²) in [5, 5.41) is 39.6. The second-order valence-electron chi connectivity index (χ2n) is 6.18. The highest BCUT2D eigenvalue weighted by Crippen LogP contribution is 2.31. The SMILES string of the molecule is Nc1ccc(S(=O)(=O)N(c2ncccn2)C2OC(C(=O)O)C(O)C(O)C2O)cc1. The number of nitrogen functional groups attached to an aromatic ring is 1. The Balaban J connectivity index is 2.13. The maximum absolute atomic E-state index is 13.3. The molecule has 1 saturated heterocycles. The van der Waals surface area contributed by atoms with E-state index in [0.717, 1.165) is 0 Å². The predicted octanol–water partition coefficient (Wildman–Crippen LogP) is -1.85. The van der Waals surface area contributed by atoms with E-state index in [-0.39, 0.29) is 4.90 Å². The Kier molecular flexibility index (Phi) is 5.68. The Morgan fingerprint density at radius 1 is 1.03 bits per heavy atom. The predicted molar refractivity (Wildman–Crippen MR) is 96.9 cm³/mol. The molecule has 5 atom stereocenters. The highest BCUT2D eigenvalue weighted by molar-refractivity contribution is 7.92. The molecule has 0 bridgehead atoms. The summed E-state index contributed by atoms with van der Waals surface area (Å²) in [6.07, 6.45) is -7.51. The van der Waals surface area contributed by atoms with Gasteiger partial charge in [0, 0.05) is 18.1 Å². The van der Waals surface area contributed by atoms with Crippen molar-refractivity contribution >= 4 is 27.6 Å². The van der Waals surface area contributed by atoms with Gasteiger partial charge in [0.15, 0.2) is 12.3 Å². The minimum atomic E-state index is -4.51. The van der Waals surface area contributed by atoms with E-state index in [1.807, 2.05) is 0 Å².